The highest BCUT2D eigenvalue weighted by Crippen LogP contribution is 2.18. The summed E-state index contributed by atoms with van der Waals surface area (Å²) in [5.41, 5.74) is 0.156. The van der Waals surface area contributed by atoms with Gasteiger partial charge in [0.05, 0.1) is 7.11 Å². The Morgan fingerprint density at radius 2 is 1.72 bits per heavy atom. The molecule has 0 aliphatic heterocycles. The van der Waals surface area contributed by atoms with E-state index in [1.54, 1.807) is 40.0 Å². The molecular weight excluding hydrogens is 322 g/mol. The third-order valence-electron chi connectivity index (χ3n) is 3.32. The lowest BCUT2D eigenvalue weighted by atomic mass is 10.1. The third kappa shape index (κ3) is 7.45. The zero-order valence-corrected chi connectivity index (χ0v) is 15.9. The quantitative estimate of drug-likeness (QED) is 0.722. The Bertz CT molecular complexity index is 562. The first-order chi connectivity index (χ1) is 11.7. The van der Waals surface area contributed by atoms with Crippen LogP contribution in [0.15, 0.2) is 24.3 Å². The van der Waals surface area contributed by atoms with Crippen LogP contribution in [0.4, 0.5) is 5.69 Å². The number of ether oxygens (including phenoxy) is 3. The molecule has 6 heteroatoms. The molecule has 0 aromatic heterocycles. The van der Waals surface area contributed by atoms with E-state index in [1.807, 2.05) is 19.1 Å². The van der Waals surface area contributed by atoms with Crippen molar-refractivity contribution in [2.75, 3.05) is 12.4 Å². The van der Waals surface area contributed by atoms with Crippen molar-refractivity contribution < 1.29 is 23.8 Å². The number of methoxy groups -OCH3 is 1. The minimum absolute atomic E-state index is 0.476. The van der Waals surface area contributed by atoms with Crippen molar-refractivity contribution in [1.29, 1.82) is 0 Å². The number of esters is 2. The smallest absolute Gasteiger partial charge is 0.347 e. The van der Waals surface area contributed by atoms with Gasteiger partial charge in [-0.1, -0.05) is 13.3 Å². The predicted molar refractivity (Wildman–Crippen MR) is 96.7 cm³/mol. The maximum Gasteiger partial charge on any atom is 0.347 e. The summed E-state index contributed by atoms with van der Waals surface area (Å²) < 4.78 is 15.6. The summed E-state index contributed by atoms with van der Waals surface area (Å²) in [6.07, 6.45) is 0.430. The van der Waals surface area contributed by atoms with Crippen LogP contribution in [0.1, 0.15) is 47.5 Å². The lowest BCUT2D eigenvalue weighted by Crippen LogP contribution is -2.38. The Hall–Kier alpha value is -2.24. The first-order valence-corrected chi connectivity index (χ1v) is 8.50. The van der Waals surface area contributed by atoms with Crippen molar-refractivity contribution in [1.82, 2.24) is 0 Å². The van der Waals surface area contributed by atoms with Crippen molar-refractivity contribution in [3.05, 3.63) is 24.3 Å². The molecule has 0 bridgehead atoms. The third-order valence-corrected chi connectivity index (χ3v) is 3.32. The highest BCUT2D eigenvalue weighted by molar-refractivity contribution is 5.83. The molecule has 0 fully saturated rings. The van der Waals surface area contributed by atoms with Crippen LogP contribution in [0.25, 0.3) is 0 Å². The molecule has 140 valence electrons. The second kappa shape index (κ2) is 9.30. The molecule has 1 N–H and O–H groups in total. The van der Waals surface area contributed by atoms with E-state index >= 15 is 0 Å². The van der Waals surface area contributed by atoms with Crippen LogP contribution in [-0.4, -0.2) is 36.8 Å². The van der Waals surface area contributed by atoms with Gasteiger partial charge in [0.2, 0.25) is 0 Å². The van der Waals surface area contributed by atoms with Gasteiger partial charge in [-0.15, -0.1) is 0 Å². The average Bonchev–Trinajstić information content (AvgIpc) is 2.53. The number of carbonyl (C=O) groups excluding carboxylic acids is 2. The molecule has 0 spiro atoms. The van der Waals surface area contributed by atoms with Crippen molar-refractivity contribution in [2.24, 2.45) is 0 Å². The number of benzene rings is 1. The second-order valence-electron chi connectivity index (χ2n) is 6.83. The van der Waals surface area contributed by atoms with Crippen LogP contribution in [0.2, 0.25) is 0 Å². The lowest BCUT2D eigenvalue weighted by Gasteiger charge is -2.24. The molecular formula is C19H29NO5. The summed E-state index contributed by atoms with van der Waals surface area (Å²) in [5.74, 6) is -0.296. The van der Waals surface area contributed by atoms with E-state index in [4.69, 9.17) is 14.2 Å². The van der Waals surface area contributed by atoms with Gasteiger partial charge in [0.25, 0.3) is 0 Å². The monoisotopic (exact) mass is 351 g/mol. The largest absolute Gasteiger partial charge is 0.497 e. The molecule has 0 aliphatic rings. The zero-order valence-electron chi connectivity index (χ0n) is 15.9. The highest BCUT2D eigenvalue weighted by Gasteiger charge is 2.27. The number of anilines is 1. The van der Waals surface area contributed by atoms with Gasteiger partial charge in [-0.2, -0.15) is 0 Å². The Kier molecular flexibility index (Phi) is 7.74. The topological polar surface area (TPSA) is 73.9 Å². The Morgan fingerprint density at radius 3 is 2.20 bits per heavy atom. The van der Waals surface area contributed by atoms with E-state index in [0.717, 1.165) is 17.9 Å². The molecule has 0 saturated carbocycles. The number of hydrogen-bond acceptors (Lipinski definition) is 6. The first kappa shape index (κ1) is 20.8. The summed E-state index contributed by atoms with van der Waals surface area (Å²) in [6.45, 7) is 8.80. The van der Waals surface area contributed by atoms with Gasteiger partial charge < -0.3 is 19.5 Å². The van der Waals surface area contributed by atoms with Gasteiger partial charge in [-0.3, -0.25) is 0 Å². The fraction of sp³-hybridized carbons (Fsp3) is 0.579. The molecule has 0 amide bonds. The van der Waals surface area contributed by atoms with Gasteiger partial charge in [0, 0.05) is 5.69 Å². The average molecular weight is 351 g/mol. The van der Waals surface area contributed by atoms with Gasteiger partial charge >= 0.3 is 11.9 Å². The van der Waals surface area contributed by atoms with Gasteiger partial charge in [-0.25, -0.2) is 9.59 Å². The number of rotatable bonds is 8. The van der Waals surface area contributed by atoms with E-state index in [2.05, 4.69) is 5.32 Å². The molecule has 0 saturated heterocycles. The predicted octanol–water partition coefficient (Wildman–Crippen LogP) is 3.55. The van der Waals surface area contributed by atoms with Crippen LogP contribution < -0.4 is 10.1 Å². The lowest BCUT2D eigenvalue weighted by molar-refractivity contribution is -0.174. The molecule has 2 atom stereocenters. The summed E-state index contributed by atoms with van der Waals surface area (Å²) >= 11 is 0. The first-order valence-electron chi connectivity index (χ1n) is 8.50. The van der Waals surface area contributed by atoms with E-state index < -0.39 is 29.7 Å². The van der Waals surface area contributed by atoms with E-state index in [0.29, 0.717) is 6.42 Å². The number of nitrogens with one attached hydrogen (secondary N) is 1. The molecule has 0 heterocycles. The molecule has 6 nitrogen and oxygen atoms in total. The van der Waals surface area contributed by atoms with Crippen LogP contribution in [0.3, 0.4) is 0 Å². The van der Waals surface area contributed by atoms with Crippen molar-refractivity contribution >= 4 is 17.6 Å². The van der Waals surface area contributed by atoms with Crippen molar-refractivity contribution in [2.45, 2.75) is 65.2 Å². The Balaban J connectivity index is 2.70. The minimum atomic E-state index is -0.955. The SMILES string of the molecule is CCC[C@@H](Nc1ccc(OC)cc1)C(=O)O[C@H](C)C(=O)OC(C)(C)C. The van der Waals surface area contributed by atoms with Crippen LogP contribution in [0.5, 0.6) is 5.75 Å². The van der Waals surface area contributed by atoms with Crippen LogP contribution >= 0.6 is 0 Å². The van der Waals surface area contributed by atoms with Crippen molar-refractivity contribution in [3.63, 3.8) is 0 Å². The maximum atomic E-state index is 12.4. The summed E-state index contributed by atoms with van der Waals surface area (Å²) in [5, 5.41) is 3.14. The highest BCUT2D eigenvalue weighted by atomic mass is 16.6. The molecule has 1 aromatic carbocycles. The summed E-state index contributed by atoms with van der Waals surface area (Å²) in [4.78, 5) is 24.4. The van der Waals surface area contributed by atoms with Crippen LogP contribution in [-0.2, 0) is 19.1 Å². The molecule has 0 aliphatic carbocycles. The molecule has 1 rings (SSSR count). The molecule has 1 aromatic rings. The second-order valence-corrected chi connectivity index (χ2v) is 6.83. The molecule has 0 unspecified atom stereocenters. The van der Waals surface area contributed by atoms with Crippen LogP contribution in [0, 0.1) is 0 Å². The standard InChI is InChI=1S/C19H29NO5/c1-7-8-16(20-14-9-11-15(23-6)12-10-14)18(22)24-13(2)17(21)25-19(3,4)5/h9-13,16,20H,7-8H2,1-6H3/t13-,16-/m1/s1. The molecule has 25 heavy (non-hydrogen) atoms. The number of hydrogen-bond donors (Lipinski definition) is 1. The van der Waals surface area contributed by atoms with E-state index in [9.17, 15) is 9.59 Å². The van der Waals surface area contributed by atoms with Gasteiger partial charge in [0.1, 0.15) is 17.4 Å². The number of carbonyl (C=O) groups is 2. The van der Waals surface area contributed by atoms with E-state index in [-0.39, 0.29) is 0 Å². The van der Waals surface area contributed by atoms with E-state index in [1.165, 1.54) is 6.92 Å². The van der Waals surface area contributed by atoms with Crippen molar-refractivity contribution in [3.8, 4) is 5.75 Å². The zero-order chi connectivity index (χ0) is 19.0. The fourth-order valence-electron chi connectivity index (χ4n) is 2.12. The normalized spacial score (nSPS) is 13.5. The molecule has 0 radical (unpaired) electrons. The minimum Gasteiger partial charge on any atom is -0.497 e. The Morgan fingerprint density at radius 1 is 1.12 bits per heavy atom. The summed E-state index contributed by atoms with van der Waals surface area (Å²) in [6, 6.07) is 6.72. The Labute approximate surface area is 149 Å². The maximum absolute atomic E-state index is 12.4. The van der Waals surface area contributed by atoms with Gasteiger partial charge in [-0.05, 0) is 58.4 Å². The fourth-order valence-corrected chi connectivity index (χ4v) is 2.12. The summed E-state index contributed by atoms with van der Waals surface area (Å²) in [7, 11) is 1.59. The van der Waals surface area contributed by atoms with Gasteiger partial charge in [0.15, 0.2) is 6.10 Å².